The summed E-state index contributed by atoms with van der Waals surface area (Å²) in [5.74, 6) is -1.20. The van der Waals surface area contributed by atoms with Crippen molar-refractivity contribution in [3.8, 4) is 0 Å². The van der Waals surface area contributed by atoms with Crippen LogP contribution in [-0.2, 0) is 14.6 Å². The molecule has 2 atom stereocenters. The average molecular weight is 206 g/mol. The predicted octanol–water partition coefficient (Wildman–Crippen LogP) is 0.674. The van der Waals surface area contributed by atoms with Crippen LogP contribution in [0.1, 0.15) is 26.2 Å². The lowest BCUT2D eigenvalue weighted by Gasteiger charge is -2.08. The second kappa shape index (κ2) is 3.65. The van der Waals surface area contributed by atoms with Crippen LogP contribution in [0.2, 0.25) is 0 Å². The first-order chi connectivity index (χ1) is 5.97. The Bertz CT molecular complexity index is 293. The quantitative estimate of drug-likeness (QED) is 0.736. The fourth-order valence-electron chi connectivity index (χ4n) is 1.73. The van der Waals surface area contributed by atoms with Gasteiger partial charge in [-0.05, 0) is 19.3 Å². The molecule has 0 spiro atoms. The number of carboxylic acid groups (broad SMARTS) is 1. The molecule has 1 saturated carbocycles. The molecule has 0 aromatic heterocycles. The number of rotatable bonds is 3. The van der Waals surface area contributed by atoms with Gasteiger partial charge in [0.05, 0.1) is 11.2 Å². The number of aliphatic carboxylic acids is 1. The van der Waals surface area contributed by atoms with Gasteiger partial charge in [0.15, 0.2) is 9.84 Å². The van der Waals surface area contributed by atoms with Gasteiger partial charge in [0.1, 0.15) is 0 Å². The smallest absolute Gasteiger partial charge is 0.306 e. The van der Waals surface area contributed by atoms with Crippen LogP contribution < -0.4 is 0 Å². The summed E-state index contributed by atoms with van der Waals surface area (Å²) >= 11 is 0. The monoisotopic (exact) mass is 206 g/mol. The summed E-state index contributed by atoms with van der Waals surface area (Å²) in [6.07, 6.45) is 1.30. The highest BCUT2D eigenvalue weighted by Crippen LogP contribution is 2.30. The van der Waals surface area contributed by atoms with E-state index in [9.17, 15) is 13.2 Å². The molecule has 76 valence electrons. The first-order valence-electron chi connectivity index (χ1n) is 4.41. The summed E-state index contributed by atoms with van der Waals surface area (Å²) in [6, 6.07) is 0. The Kier molecular flexibility index (Phi) is 2.95. The zero-order valence-electron chi connectivity index (χ0n) is 7.56. The molecule has 0 aliphatic heterocycles. The summed E-state index contributed by atoms with van der Waals surface area (Å²) < 4.78 is 22.8. The van der Waals surface area contributed by atoms with Gasteiger partial charge in [0, 0.05) is 5.75 Å². The van der Waals surface area contributed by atoms with Crippen molar-refractivity contribution in [2.45, 2.75) is 31.4 Å². The molecular formula is C8H14O4S. The number of hydrogen-bond donors (Lipinski definition) is 1. The largest absolute Gasteiger partial charge is 0.481 e. The van der Waals surface area contributed by atoms with Crippen molar-refractivity contribution >= 4 is 15.8 Å². The number of carboxylic acids is 1. The second-order valence-corrected chi connectivity index (χ2v) is 5.99. The molecule has 0 heterocycles. The van der Waals surface area contributed by atoms with E-state index in [0.717, 1.165) is 0 Å². The molecular weight excluding hydrogens is 192 g/mol. The lowest BCUT2D eigenvalue weighted by atomic mass is 10.1. The minimum absolute atomic E-state index is 0.115. The van der Waals surface area contributed by atoms with Crippen LogP contribution >= 0.6 is 0 Å². The van der Waals surface area contributed by atoms with Gasteiger partial charge in [-0.25, -0.2) is 8.42 Å². The molecule has 5 heteroatoms. The highest BCUT2D eigenvalue weighted by Gasteiger charge is 2.36. The van der Waals surface area contributed by atoms with Crippen molar-refractivity contribution in [1.29, 1.82) is 0 Å². The second-order valence-electron chi connectivity index (χ2n) is 3.42. The molecule has 0 aromatic rings. The number of sulfone groups is 1. The molecule has 1 aliphatic carbocycles. The molecule has 1 fully saturated rings. The lowest BCUT2D eigenvalue weighted by Crippen LogP contribution is -2.21. The summed E-state index contributed by atoms with van der Waals surface area (Å²) in [7, 11) is -3.03. The Labute approximate surface area is 77.9 Å². The summed E-state index contributed by atoms with van der Waals surface area (Å²) in [6.45, 7) is 1.60. The molecule has 4 nitrogen and oxygen atoms in total. The standard InChI is InChI=1S/C8H14O4S/c1-2-13(11,12)7-4-3-6(5-7)8(9)10/h6-7H,2-5H2,1H3,(H,9,10)/t6-,7+/m0/s1. The first kappa shape index (κ1) is 10.5. The van der Waals surface area contributed by atoms with E-state index in [0.29, 0.717) is 19.3 Å². The van der Waals surface area contributed by atoms with Crippen molar-refractivity contribution in [3.05, 3.63) is 0 Å². The van der Waals surface area contributed by atoms with E-state index in [-0.39, 0.29) is 5.75 Å². The SMILES string of the molecule is CCS(=O)(=O)[C@@H]1CC[C@H](C(=O)O)C1. The van der Waals surface area contributed by atoms with Crippen LogP contribution in [0.5, 0.6) is 0 Å². The Hall–Kier alpha value is -0.580. The topological polar surface area (TPSA) is 71.4 Å². The van der Waals surface area contributed by atoms with Crippen LogP contribution in [0.25, 0.3) is 0 Å². The summed E-state index contributed by atoms with van der Waals surface area (Å²) in [5, 5.41) is 8.26. The van der Waals surface area contributed by atoms with Crippen molar-refractivity contribution in [2.75, 3.05) is 5.75 Å². The van der Waals surface area contributed by atoms with Crippen molar-refractivity contribution in [2.24, 2.45) is 5.92 Å². The molecule has 1 N–H and O–H groups in total. The fourth-order valence-corrected chi connectivity index (χ4v) is 3.22. The van der Waals surface area contributed by atoms with Gasteiger partial charge in [-0.2, -0.15) is 0 Å². The van der Waals surface area contributed by atoms with Crippen LogP contribution in [0.3, 0.4) is 0 Å². The normalized spacial score (nSPS) is 29.0. The Morgan fingerprint density at radius 2 is 2.08 bits per heavy atom. The van der Waals surface area contributed by atoms with E-state index in [2.05, 4.69) is 0 Å². The highest BCUT2D eigenvalue weighted by molar-refractivity contribution is 7.92. The maximum Gasteiger partial charge on any atom is 0.306 e. The molecule has 1 rings (SSSR count). The molecule has 0 radical (unpaired) electrons. The van der Waals surface area contributed by atoms with Crippen molar-refractivity contribution in [1.82, 2.24) is 0 Å². The first-order valence-corrected chi connectivity index (χ1v) is 6.13. The lowest BCUT2D eigenvalue weighted by molar-refractivity contribution is -0.141. The van der Waals surface area contributed by atoms with Gasteiger partial charge >= 0.3 is 5.97 Å². The van der Waals surface area contributed by atoms with Gasteiger partial charge in [0.25, 0.3) is 0 Å². The van der Waals surface area contributed by atoms with E-state index in [4.69, 9.17) is 5.11 Å². The molecule has 0 aromatic carbocycles. The Morgan fingerprint density at radius 3 is 2.46 bits per heavy atom. The van der Waals surface area contributed by atoms with Gasteiger partial charge in [-0.3, -0.25) is 4.79 Å². The van der Waals surface area contributed by atoms with E-state index in [1.54, 1.807) is 6.92 Å². The van der Waals surface area contributed by atoms with E-state index < -0.39 is 27.0 Å². The molecule has 0 amide bonds. The van der Waals surface area contributed by atoms with E-state index in [1.807, 2.05) is 0 Å². The molecule has 0 unspecified atom stereocenters. The third kappa shape index (κ3) is 2.21. The predicted molar refractivity (Wildman–Crippen MR) is 48.2 cm³/mol. The highest BCUT2D eigenvalue weighted by atomic mass is 32.2. The number of carbonyl (C=O) groups is 1. The number of hydrogen-bond acceptors (Lipinski definition) is 3. The molecule has 0 saturated heterocycles. The Balaban J connectivity index is 2.65. The molecule has 1 aliphatic rings. The maximum atomic E-state index is 11.4. The average Bonchev–Trinajstić information content (AvgIpc) is 2.52. The van der Waals surface area contributed by atoms with E-state index >= 15 is 0 Å². The summed E-state index contributed by atoms with van der Waals surface area (Å²) in [4.78, 5) is 10.6. The minimum atomic E-state index is -3.03. The molecule has 13 heavy (non-hydrogen) atoms. The van der Waals surface area contributed by atoms with Crippen LogP contribution in [0.15, 0.2) is 0 Å². The van der Waals surface area contributed by atoms with Crippen molar-refractivity contribution < 1.29 is 18.3 Å². The van der Waals surface area contributed by atoms with Gasteiger partial charge in [-0.15, -0.1) is 0 Å². The van der Waals surface area contributed by atoms with Crippen LogP contribution in [-0.4, -0.2) is 30.5 Å². The minimum Gasteiger partial charge on any atom is -0.481 e. The molecule has 0 bridgehead atoms. The summed E-state index contributed by atoms with van der Waals surface area (Å²) in [5.41, 5.74) is 0. The zero-order valence-corrected chi connectivity index (χ0v) is 8.38. The van der Waals surface area contributed by atoms with Gasteiger partial charge in [0.2, 0.25) is 0 Å². The van der Waals surface area contributed by atoms with Crippen LogP contribution in [0.4, 0.5) is 0 Å². The third-order valence-electron chi connectivity index (χ3n) is 2.64. The fraction of sp³-hybridized carbons (Fsp3) is 0.875. The van der Waals surface area contributed by atoms with Crippen LogP contribution in [0, 0.1) is 5.92 Å². The third-order valence-corrected chi connectivity index (χ3v) is 4.89. The Morgan fingerprint density at radius 1 is 1.46 bits per heavy atom. The van der Waals surface area contributed by atoms with Gasteiger partial charge in [-0.1, -0.05) is 6.92 Å². The van der Waals surface area contributed by atoms with Gasteiger partial charge < -0.3 is 5.11 Å². The maximum absolute atomic E-state index is 11.4. The zero-order chi connectivity index (χ0) is 10.1. The van der Waals surface area contributed by atoms with E-state index in [1.165, 1.54) is 0 Å². The van der Waals surface area contributed by atoms with Crippen molar-refractivity contribution in [3.63, 3.8) is 0 Å².